The van der Waals surface area contributed by atoms with Crippen molar-refractivity contribution in [3.8, 4) is 0 Å². The van der Waals surface area contributed by atoms with E-state index in [0.29, 0.717) is 10.7 Å². The highest BCUT2D eigenvalue weighted by atomic mass is 32.2. The predicted molar refractivity (Wildman–Crippen MR) is 129 cm³/mol. The van der Waals surface area contributed by atoms with Crippen LogP contribution in [0.5, 0.6) is 0 Å². The minimum atomic E-state index is -0.141. The number of rotatable bonds is 8. The third-order valence-electron chi connectivity index (χ3n) is 5.59. The van der Waals surface area contributed by atoms with Crippen LogP contribution < -0.4 is 5.32 Å². The zero-order valence-corrected chi connectivity index (χ0v) is 19.4. The first-order valence-corrected chi connectivity index (χ1v) is 12.6. The fourth-order valence-corrected chi connectivity index (χ4v) is 5.57. The van der Waals surface area contributed by atoms with Crippen molar-refractivity contribution in [2.45, 2.75) is 37.1 Å². The molecule has 4 rings (SSSR count). The summed E-state index contributed by atoms with van der Waals surface area (Å²) in [5.41, 5.74) is 3.34. The lowest BCUT2D eigenvalue weighted by atomic mass is 9.90. The van der Waals surface area contributed by atoms with Crippen LogP contribution in [0.3, 0.4) is 0 Å². The number of benzene rings is 2. The maximum Gasteiger partial charge on any atom is 0.257 e. The number of nitrogens with zero attached hydrogens (tertiary/aromatic N) is 3. The van der Waals surface area contributed by atoms with Crippen molar-refractivity contribution in [3.05, 3.63) is 71.3 Å². The molecule has 1 aromatic heterocycles. The number of thioether (sulfide) groups is 1. The van der Waals surface area contributed by atoms with Gasteiger partial charge < -0.3 is 0 Å². The quantitative estimate of drug-likeness (QED) is 0.368. The minimum Gasteiger partial charge on any atom is -0.299 e. The molecule has 31 heavy (non-hydrogen) atoms. The summed E-state index contributed by atoms with van der Waals surface area (Å²) in [5.74, 6) is 1.58. The van der Waals surface area contributed by atoms with E-state index in [4.69, 9.17) is 0 Å². The van der Waals surface area contributed by atoms with E-state index in [-0.39, 0.29) is 5.91 Å². The van der Waals surface area contributed by atoms with Gasteiger partial charge in [-0.1, -0.05) is 72.5 Å². The highest BCUT2D eigenvalue weighted by molar-refractivity contribution is 8.01. The van der Waals surface area contributed by atoms with Gasteiger partial charge in [0.2, 0.25) is 5.13 Å². The second-order valence-corrected chi connectivity index (χ2v) is 10.4. The minimum absolute atomic E-state index is 0.141. The molecule has 0 saturated carbocycles. The molecule has 1 saturated heterocycles. The molecule has 0 atom stereocenters. The molecule has 162 valence electrons. The first-order chi connectivity index (χ1) is 15.2. The normalized spacial score (nSPS) is 15.1. The average Bonchev–Trinajstić information content (AvgIpc) is 3.23. The Bertz CT molecular complexity index is 967. The molecule has 1 amide bonds. The van der Waals surface area contributed by atoms with Crippen LogP contribution >= 0.6 is 23.1 Å². The van der Waals surface area contributed by atoms with Crippen LogP contribution in [0.1, 0.15) is 41.3 Å². The molecule has 3 aromatic rings. The summed E-state index contributed by atoms with van der Waals surface area (Å²) in [7, 11) is 0. The molecule has 0 unspecified atom stereocenters. The number of hydrogen-bond acceptors (Lipinski definition) is 6. The Morgan fingerprint density at radius 1 is 1.06 bits per heavy atom. The van der Waals surface area contributed by atoms with E-state index in [1.807, 2.05) is 12.1 Å². The zero-order valence-electron chi connectivity index (χ0n) is 17.8. The van der Waals surface area contributed by atoms with Crippen molar-refractivity contribution < 1.29 is 4.79 Å². The van der Waals surface area contributed by atoms with Crippen LogP contribution in [0.15, 0.2) is 58.9 Å². The summed E-state index contributed by atoms with van der Waals surface area (Å²) in [6.45, 7) is 5.27. The van der Waals surface area contributed by atoms with Gasteiger partial charge in [-0.3, -0.25) is 15.0 Å². The summed E-state index contributed by atoms with van der Waals surface area (Å²) >= 11 is 3.04. The summed E-state index contributed by atoms with van der Waals surface area (Å²) in [4.78, 5) is 15.0. The van der Waals surface area contributed by atoms with Gasteiger partial charge in [0.25, 0.3) is 5.91 Å². The van der Waals surface area contributed by atoms with E-state index in [1.54, 1.807) is 11.8 Å². The van der Waals surface area contributed by atoms with Gasteiger partial charge in [0, 0.05) is 12.1 Å². The third kappa shape index (κ3) is 6.38. The van der Waals surface area contributed by atoms with Crippen LogP contribution in [0, 0.1) is 5.92 Å². The van der Waals surface area contributed by atoms with Crippen molar-refractivity contribution in [2.24, 2.45) is 5.92 Å². The molecule has 0 spiro atoms. The Morgan fingerprint density at radius 2 is 1.81 bits per heavy atom. The lowest BCUT2D eigenvalue weighted by molar-refractivity contribution is 0.102. The molecule has 0 aliphatic carbocycles. The van der Waals surface area contributed by atoms with E-state index in [9.17, 15) is 4.79 Å². The maximum atomic E-state index is 12.5. The van der Waals surface area contributed by atoms with Gasteiger partial charge in [0.15, 0.2) is 4.34 Å². The standard InChI is InChI=1S/C24H28N4OS2/c1-2-30-24-27-26-23(31-24)25-22(29)21-10-8-20(9-11-21)17-28-14-12-19(13-15-28)16-18-6-4-3-5-7-18/h3-11,19H,2,12-17H2,1H3,(H,25,26,29). The van der Waals surface area contributed by atoms with Crippen LogP contribution in [0.25, 0.3) is 0 Å². The third-order valence-corrected chi connectivity index (χ3v) is 7.45. The number of piperidine rings is 1. The molecule has 5 nitrogen and oxygen atoms in total. The largest absolute Gasteiger partial charge is 0.299 e. The van der Waals surface area contributed by atoms with E-state index in [2.05, 4.69) is 69.8 Å². The Hall–Kier alpha value is -2.22. The van der Waals surface area contributed by atoms with E-state index in [0.717, 1.165) is 35.6 Å². The van der Waals surface area contributed by atoms with Gasteiger partial charge in [0.05, 0.1) is 0 Å². The van der Waals surface area contributed by atoms with Crippen LogP contribution in [-0.4, -0.2) is 39.8 Å². The Kier molecular flexibility index (Phi) is 7.72. The lowest BCUT2D eigenvalue weighted by Gasteiger charge is -2.32. The molecule has 1 fully saturated rings. The molecule has 1 aliphatic heterocycles. The van der Waals surface area contributed by atoms with Gasteiger partial charge >= 0.3 is 0 Å². The van der Waals surface area contributed by atoms with Crippen molar-refractivity contribution in [2.75, 3.05) is 24.2 Å². The lowest BCUT2D eigenvalue weighted by Crippen LogP contribution is -2.33. The van der Waals surface area contributed by atoms with Crippen LogP contribution in [0.2, 0.25) is 0 Å². The van der Waals surface area contributed by atoms with Crippen LogP contribution in [0.4, 0.5) is 5.13 Å². The van der Waals surface area contributed by atoms with Gasteiger partial charge in [-0.15, -0.1) is 10.2 Å². The van der Waals surface area contributed by atoms with Gasteiger partial charge in [0.1, 0.15) is 0 Å². The Labute approximate surface area is 192 Å². The summed E-state index contributed by atoms with van der Waals surface area (Å²) in [5, 5.41) is 11.5. The number of carbonyl (C=O) groups is 1. The highest BCUT2D eigenvalue weighted by Gasteiger charge is 2.19. The second kappa shape index (κ2) is 10.9. The summed E-state index contributed by atoms with van der Waals surface area (Å²) < 4.78 is 0.876. The number of likely N-dealkylation sites (tertiary alicyclic amines) is 1. The number of hydrogen-bond donors (Lipinski definition) is 1. The van der Waals surface area contributed by atoms with E-state index >= 15 is 0 Å². The van der Waals surface area contributed by atoms with Gasteiger partial charge in [-0.2, -0.15) is 0 Å². The van der Waals surface area contributed by atoms with E-state index in [1.165, 1.54) is 41.7 Å². The molecule has 2 heterocycles. The number of aromatic nitrogens is 2. The smallest absolute Gasteiger partial charge is 0.257 e. The first-order valence-electron chi connectivity index (χ1n) is 10.8. The molecule has 1 aliphatic rings. The van der Waals surface area contributed by atoms with Crippen molar-refractivity contribution >= 4 is 34.1 Å². The Morgan fingerprint density at radius 3 is 2.52 bits per heavy atom. The molecule has 7 heteroatoms. The number of carbonyl (C=O) groups excluding carboxylic acids is 1. The first kappa shape index (κ1) is 22.0. The number of nitrogens with one attached hydrogen (secondary N) is 1. The van der Waals surface area contributed by atoms with E-state index < -0.39 is 0 Å². The van der Waals surface area contributed by atoms with Crippen LogP contribution in [-0.2, 0) is 13.0 Å². The van der Waals surface area contributed by atoms with Crippen molar-refractivity contribution in [1.29, 1.82) is 0 Å². The van der Waals surface area contributed by atoms with Gasteiger partial charge in [-0.25, -0.2) is 0 Å². The molecule has 2 aromatic carbocycles. The number of anilines is 1. The SMILES string of the molecule is CCSc1nnc(NC(=O)c2ccc(CN3CCC(Cc4ccccc4)CC3)cc2)s1. The molecular weight excluding hydrogens is 424 g/mol. The van der Waals surface area contributed by atoms with Crippen molar-refractivity contribution in [1.82, 2.24) is 15.1 Å². The molecular formula is C24H28N4OS2. The predicted octanol–water partition coefficient (Wildman–Crippen LogP) is 5.36. The fourth-order valence-electron chi connectivity index (χ4n) is 3.93. The maximum absolute atomic E-state index is 12.5. The zero-order chi connectivity index (χ0) is 21.5. The molecule has 0 bridgehead atoms. The fraction of sp³-hybridized carbons (Fsp3) is 0.375. The summed E-state index contributed by atoms with van der Waals surface area (Å²) in [6.07, 6.45) is 3.68. The second-order valence-electron chi connectivity index (χ2n) is 7.87. The monoisotopic (exact) mass is 452 g/mol. The molecule has 0 radical (unpaired) electrons. The van der Waals surface area contributed by atoms with Gasteiger partial charge in [-0.05, 0) is 67.3 Å². The Balaban J connectivity index is 1.24. The summed E-state index contributed by atoms with van der Waals surface area (Å²) in [6, 6.07) is 18.7. The van der Waals surface area contributed by atoms with Crippen molar-refractivity contribution in [3.63, 3.8) is 0 Å². The molecule has 1 N–H and O–H groups in total. The average molecular weight is 453 g/mol. The highest BCUT2D eigenvalue weighted by Crippen LogP contribution is 2.26. The topological polar surface area (TPSA) is 58.1 Å². The number of amides is 1.